The van der Waals surface area contributed by atoms with E-state index >= 15 is 0 Å². The number of nitrogens with two attached hydrogens (primary N) is 2. The number of amides is 1. The molecule has 7 nitrogen and oxygen atoms in total. The zero-order chi connectivity index (χ0) is 16.3. The van der Waals surface area contributed by atoms with E-state index in [9.17, 15) is 13.2 Å². The Bertz CT molecular complexity index is 887. The normalized spacial score (nSPS) is 11.9. The average Bonchev–Trinajstić information content (AvgIpc) is 2.92. The van der Waals surface area contributed by atoms with E-state index in [-0.39, 0.29) is 16.2 Å². The van der Waals surface area contributed by atoms with Crippen LogP contribution in [0.3, 0.4) is 0 Å². The van der Waals surface area contributed by atoms with Gasteiger partial charge in [-0.3, -0.25) is 4.79 Å². The average molecular weight is 317 g/mol. The van der Waals surface area contributed by atoms with Crippen LogP contribution in [-0.2, 0) is 14.8 Å². The van der Waals surface area contributed by atoms with Crippen LogP contribution in [0.5, 0.6) is 0 Å². The van der Waals surface area contributed by atoms with Gasteiger partial charge in [-0.05, 0) is 36.4 Å². The molecule has 0 aliphatic rings. The van der Waals surface area contributed by atoms with E-state index < -0.39 is 15.9 Å². The maximum atomic E-state index is 11.2. The van der Waals surface area contributed by atoms with E-state index in [1.54, 1.807) is 18.2 Å². The molecule has 0 spiro atoms. The fourth-order valence-electron chi connectivity index (χ4n) is 1.70. The predicted molar refractivity (Wildman–Crippen MR) is 78.3 cm³/mol. The van der Waals surface area contributed by atoms with Gasteiger partial charge in [-0.1, -0.05) is 0 Å². The Labute approximate surface area is 126 Å². The van der Waals surface area contributed by atoms with E-state index in [0.717, 1.165) is 0 Å². The summed E-state index contributed by atoms with van der Waals surface area (Å²) in [7, 11) is -3.75. The van der Waals surface area contributed by atoms with Crippen LogP contribution in [-0.4, -0.2) is 14.3 Å². The van der Waals surface area contributed by atoms with Gasteiger partial charge in [0.25, 0.3) is 5.91 Å². The number of nitriles is 1. The number of furan rings is 1. The van der Waals surface area contributed by atoms with Crippen molar-refractivity contribution in [2.45, 2.75) is 4.90 Å². The molecule has 0 bridgehead atoms. The zero-order valence-corrected chi connectivity index (χ0v) is 12.0. The number of hydrogen-bond donors (Lipinski definition) is 2. The van der Waals surface area contributed by atoms with Crippen molar-refractivity contribution >= 4 is 22.0 Å². The summed E-state index contributed by atoms with van der Waals surface area (Å²) >= 11 is 0. The molecule has 0 radical (unpaired) electrons. The van der Waals surface area contributed by atoms with Crippen molar-refractivity contribution in [3.05, 3.63) is 47.7 Å². The maximum Gasteiger partial charge on any atom is 0.259 e. The number of benzene rings is 1. The van der Waals surface area contributed by atoms with E-state index in [0.29, 0.717) is 11.3 Å². The molecular weight excluding hydrogens is 306 g/mol. The first-order valence-corrected chi connectivity index (χ1v) is 7.50. The Balaban J connectivity index is 2.33. The smallest absolute Gasteiger partial charge is 0.259 e. The van der Waals surface area contributed by atoms with Crippen molar-refractivity contribution in [2.75, 3.05) is 0 Å². The van der Waals surface area contributed by atoms with Gasteiger partial charge in [-0.15, -0.1) is 0 Å². The highest BCUT2D eigenvalue weighted by Gasteiger charge is 2.10. The second-order valence-electron chi connectivity index (χ2n) is 4.31. The van der Waals surface area contributed by atoms with Gasteiger partial charge in [0.05, 0.1) is 4.90 Å². The molecule has 0 aliphatic carbocycles. The molecule has 1 amide bonds. The topological polar surface area (TPSA) is 140 Å². The van der Waals surface area contributed by atoms with Crippen LogP contribution in [0.25, 0.3) is 17.4 Å². The molecule has 1 aromatic heterocycles. The second-order valence-corrected chi connectivity index (χ2v) is 5.87. The van der Waals surface area contributed by atoms with Gasteiger partial charge < -0.3 is 10.2 Å². The zero-order valence-electron chi connectivity index (χ0n) is 11.2. The third-order valence-electron chi connectivity index (χ3n) is 2.77. The van der Waals surface area contributed by atoms with Gasteiger partial charge in [0.2, 0.25) is 10.0 Å². The van der Waals surface area contributed by atoms with Crippen molar-refractivity contribution in [1.82, 2.24) is 0 Å². The fraction of sp³-hybridized carbons (Fsp3) is 0. The second kappa shape index (κ2) is 5.85. The number of hydrogen-bond acceptors (Lipinski definition) is 5. The Hall–Kier alpha value is -2.89. The van der Waals surface area contributed by atoms with E-state index in [2.05, 4.69) is 0 Å². The molecule has 22 heavy (non-hydrogen) atoms. The van der Waals surface area contributed by atoms with Gasteiger partial charge in [-0.25, -0.2) is 13.6 Å². The molecule has 112 valence electrons. The first-order valence-electron chi connectivity index (χ1n) is 5.96. The Morgan fingerprint density at radius 1 is 1.18 bits per heavy atom. The molecule has 0 fully saturated rings. The van der Waals surface area contributed by atoms with E-state index in [1.807, 2.05) is 0 Å². The molecule has 0 atom stereocenters. The lowest BCUT2D eigenvalue weighted by molar-refractivity contribution is -0.114. The predicted octanol–water partition coefficient (Wildman–Crippen LogP) is 0.986. The highest BCUT2D eigenvalue weighted by molar-refractivity contribution is 7.89. The van der Waals surface area contributed by atoms with Gasteiger partial charge in [0.15, 0.2) is 0 Å². The molecule has 4 N–H and O–H groups in total. The van der Waals surface area contributed by atoms with Gasteiger partial charge in [0, 0.05) is 11.6 Å². The van der Waals surface area contributed by atoms with Crippen LogP contribution in [0, 0.1) is 11.3 Å². The van der Waals surface area contributed by atoms with Crippen molar-refractivity contribution < 1.29 is 17.6 Å². The Morgan fingerprint density at radius 3 is 2.32 bits per heavy atom. The minimum atomic E-state index is -3.75. The van der Waals surface area contributed by atoms with Crippen molar-refractivity contribution in [3.63, 3.8) is 0 Å². The number of primary amides is 1. The summed E-state index contributed by atoms with van der Waals surface area (Å²) in [5.74, 6) is -0.132. The van der Waals surface area contributed by atoms with Crippen LogP contribution in [0.15, 0.2) is 51.3 Å². The standard InChI is InChI=1S/C14H11N3O4S/c15-8-10(14(16)18)7-11-3-6-13(21-11)9-1-4-12(5-2-9)22(17,19)20/h1-7H,(H2,16,18)(H2,17,19,20)/b10-7-. The summed E-state index contributed by atoms with van der Waals surface area (Å²) in [5, 5.41) is 13.8. The molecule has 0 saturated carbocycles. The highest BCUT2D eigenvalue weighted by Crippen LogP contribution is 2.24. The molecule has 1 heterocycles. The Kier molecular flexibility index (Phi) is 4.12. The first kappa shape index (κ1) is 15.5. The minimum absolute atomic E-state index is 0.0107. The lowest BCUT2D eigenvalue weighted by Crippen LogP contribution is -2.12. The van der Waals surface area contributed by atoms with Gasteiger partial charge in [-0.2, -0.15) is 5.26 Å². The maximum absolute atomic E-state index is 11.2. The third-order valence-corrected chi connectivity index (χ3v) is 3.70. The molecule has 2 aromatic rings. The lowest BCUT2D eigenvalue weighted by atomic mass is 10.2. The largest absolute Gasteiger partial charge is 0.457 e. The summed E-state index contributed by atoms with van der Waals surface area (Å²) in [6, 6.07) is 10.6. The number of carbonyl (C=O) groups is 1. The highest BCUT2D eigenvalue weighted by atomic mass is 32.2. The van der Waals surface area contributed by atoms with Crippen LogP contribution in [0.4, 0.5) is 0 Å². The molecule has 1 aromatic carbocycles. The molecule has 0 unspecified atom stereocenters. The lowest BCUT2D eigenvalue weighted by Gasteiger charge is -2.00. The van der Waals surface area contributed by atoms with E-state index in [1.165, 1.54) is 30.3 Å². The van der Waals surface area contributed by atoms with E-state index in [4.69, 9.17) is 20.6 Å². The van der Waals surface area contributed by atoms with Crippen molar-refractivity contribution in [2.24, 2.45) is 10.9 Å². The van der Waals surface area contributed by atoms with Crippen LogP contribution < -0.4 is 10.9 Å². The minimum Gasteiger partial charge on any atom is -0.457 e. The number of sulfonamides is 1. The van der Waals surface area contributed by atoms with Crippen LogP contribution in [0.2, 0.25) is 0 Å². The molecule has 2 rings (SSSR count). The van der Waals surface area contributed by atoms with Crippen LogP contribution >= 0.6 is 0 Å². The molecule has 8 heteroatoms. The molecule has 0 saturated heterocycles. The summed E-state index contributed by atoms with van der Waals surface area (Å²) in [4.78, 5) is 11.0. The van der Waals surface area contributed by atoms with Crippen molar-refractivity contribution in [1.29, 1.82) is 5.26 Å². The number of rotatable bonds is 4. The molecular formula is C14H11N3O4S. The number of carbonyl (C=O) groups excluding carboxylic acids is 1. The number of primary sulfonamides is 1. The SMILES string of the molecule is N#C/C(=C/c1ccc(-c2ccc(S(N)(=O)=O)cc2)o1)C(N)=O. The summed E-state index contributed by atoms with van der Waals surface area (Å²) in [6.45, 7) is 0. The molecule has 0 aliphatic heterocycles. The summed E-state index contributed by atoms with van der Waals surface area (Å²) < 4.78 is 27.8. The Morgan fingerprint density at radius 2 is 1.82 bits per heavy atom. The summed E-state index contributed by atoms with van der Waals surface area (Å²) in [5.41, 5.74) is 5.41. The first-order chi connectivity index (χ1) is 10.3. The quantitative estimate of drug-likeness (QED) is 0.639. The fourth-order valence-corrected chi connectivity index (χ4v) is 2.21. The van der Waals surface area contributed by atoms with Crippen molar-refractivity contribution in [3.8, 4) is 17.4 Å². The third kappa shape index (κ3) is 3.41. The number of nitrogens with zero attached hydrogens (tertiary/aromatic N) is 1. The van der Waals surface area contributed by atoms with Gasteiger partial charge in [0.1, 0.15) is 23.2 Å². The van der Waals surface area contributed by atoms with Gasteiger partial charge >= 0.3 is 0 Å². The monoisotopic (exact) mass is 317 g/mol. The summed E-state index contributed by atoms with van der Waals surface area (Å²) in [6.07, 6.45) is 1.23. The van der Waals surface area contributed by atoms with Crippen LogP contribution in [0.1, 0.15) is 5.76 Å².